The number of rotatable bonds is 6. The van der Waals surface area contributed by atoms with Gasteiger partial charge in [-0.1, -0.05) is 0 Å². The maximum atomic E-state index is 13.1. The van der Waals surface area contributed by atoms with Gasteiger partial charge in [0.25, 0.3) is 0 Å². The average molecular weight is 484 g/mol. The Kier molecular flexibility index (Phi) is 6.37. The van der Waals surface area contributed by atoms with Crippen molar-refractivity contribution in [3.8, 4) is 0 Å². The second-order valence-electron chi connectivity index (χ2n) is 8.56. The van der Waals surface area contributed by atoms with Crippen molar-refractivity contribution >= 4 is 32.7 Å². The highest BCUT2D eigenvalue weighted by molar-refractivity contribution is 7.89. The van der Waals surface area contributed by atoms with Crippen LogP contribution in [-0.4, -0.2) is 66.0 Å². The van der Waals surface area contributed by atoms with Crippen LogP contribution in [-0.2, 0) is 38.9 Å². The Morgan fingerprint density at radius 2 is 1.97 bits per heavy atom. The molecule has 1 saturated heterocycles. The number of hydrogen-bond donors (Lipinski definition) is 0. The number of imidazole rings is 1. The number of nitrogens with zero attached hydrogens (tertiary/aromatic N) is 5. The zero-order valence-corrected chi connectivity index (χ0v) is 20.1. The van der Waals surface area contributed by atoms with Gasteiger partial charge in [0.15, 0.2) is 0 Å². The highest BCUT2D eigenvalue weighted by Gasteiger charge is 2.27. The molecule has 2 aliphatic heterocycles. The van der Waals surface area contributed by atoms with Crippen molar-refractivity contribution in [2.75, 3.05) is 37.7 Å². The summed E-state index contributed by atoms with van der Waals surface area (Å²) in [6, 6.07) is 8.93. The van der Waals surface area contributed by atoms with Gasteiger partial charge in [0.05, 0.1) is 40.5 Å². The maximum absolute atomic E-state index is 13.1. The lowest BCUT2D eigenvalue weighted by Gasteiger charge is -2.28. The molecule has 0 saturated carbocycles. The van der Waals surface area contributed by atoms with E-state index in [1.165, 1.54) is 4.31 Å². The molecule has 3 aromatic rings. The Morgan fingerprint density at radius 3 is 2.76 bits per heavy atom. The van der Waals surface area contributed by atoms with Crippen LogP contribution in [0.2, 0.25) is 0 Å². The SMILES string of the molecule is CCn1c(CCC(=O)N2CCCc3ncccc32)nc2cc(S(=O)(=O)N3CCOCC3)ccc21. The van der Waals surface area contributed by atoms with Crippen LogP contribution in [0.25, 0.3) is 11.0 Å². The summed E-state index contributed by atoms with van der Waals surface area (Å²) in [5.41, 5.74) is 3.38. The van der Waals surface area contributed by atoms with Gasteiger partial charge in [0, 0.05) is 45.2 Å². The van der Waals surface area contributed by atoms with E-state index in [1.54, 1.807) is 18.3 Å². The summed E-state index contributed by atoms with van der Waals surface area (Å²) >= 11 is 0. The Hall–Kier alpha value is -2.82. The molecule has 0 atom stereocenters. The quantitative estimate of drug-likeness (QED) is 0.534. The fraction of sp³-hybridized carbons (Fsp3) is 0.458. The number of pyridine rings is 1. The molecule has 5 rings (SSSR count). The number of benzene rings is 1. The molecule has 34 heavy (non-hydrogen) atoms. The summed E-state index contributed by atoms with van der Waals surface area (Å²) in [5, 5.41) is 0. The molecule has 2 aliphatic rings. The van der Waals surface area contributed by atoms with Gasteiger partial charge in [-0.15, -0.1) is 0 Å². The van der Waals surface area contributed by atoms with Gasteiger partial charge >= 0.3 is 0 Å². The van der Waals surface area contributed by atoms with Crippen LogP contribution in [0.3, 0.4) is 0 Å². The number of amides is 1. The van der Waals surface area contributed by atoms with Crippen LogP contribution >= 0.6 is 0 Å². The number of morpholine rings is 1. The first kappa shape index (κ1) is 22.9. The monoisotopic (exact) mass is 483 g/mol. The van der Waals surface area contributed by atoms with Gasteiger partial charge in [0.2, 0.25) is 15.9 Å². The van der Waals surface area contributed by atoms with Crippen LogP contribution < -0.4 is 4.90 Å². The number of ether oxygens (including phenoxy) is 1. The summed E-state index contributed by atoms with van der Waals surface area (Å²) in [4.78, 5) is 24.3. The van der Waals surface area contributed by atoms with Crippen molar-refractivity contribution in [1.29, 1.82) is 0 Å². The van der Waals surface area contributed by atoms with Gasteiger partial charge in [-0.3, -0.25) is 9.78 Å². The Balaban J connectivity index is 1.37. The second kappa shape index (κ2) is 9.44. The van der Waals surface area contributed by atoms with Crippen molar-refractivity contribution < 1.29 is 17.9 Å². The minimum atomic E-state index is -3.60. The number of hydrogen-bond acceptors (Lipinski definition) is 6. The third kappa shape index (κ3) is 4.21. The molecular weight excluding hydrogens is 454 g/mol. The lowest BCUT2D eigenvalue weighted by atomic mass is 10.1. The highest BCUT2D eigenvalue weighted by Crippen LogP contribution is 2.27. The smallest absolute Gasteiger partial charge is 0.243 e. The fourth-order valence-electron chi connectivity index (χ4n) is 4.81. The van der Waals surface area contributed by atoms with Crippen molar-refractivity contribution in [3.63, 3.8) is 0 Å². The van der Waals surface area contributed by atoms with Gasteiger partial charge in [-0.25, -0.2) is 13.4 Å². The molecule has 10 heteroatoms. The van der Waals surface area contributed by atoms with E-state index in [9.17, 15) is 13.2 Å². The van der Waals surface area contributed by atoms with Gasteiger partial charge in [-0.05, 0) is 50.1 Å². The molecule has 0 unspecified atom stereocenters. The zero-order valence-electron chi connectivity index (χ0n) is 19.3. The number of aromatic nitrogens is 3. The molecule has 4 heterocycles. The molecule has 1 aromatic carbocycles. The largest absolute Gasteiger partial charge is 0.379 e. The number of carbonyl (C=O) groups excluding carboxylic acids is 1. The molecule has 0 spiro atoms. The maximum Gasteiger partial charge on any atom is 0.243 e. The number of carbonyl (C=O) groups is 1. The standard InChI is InChI=1S/C24H29N5O4S/c1-2-28-22-8-7-18(34(31,32)27-13-15-33-16-14-27)17-20(22)26-23(28)9-10-24(30)29-12-4-5-19-21(29)6-3-11-25-19/h3,6-8,11,17H,2,4-5,9-10,12-16H2,1H3. The molecule has 0 aliphatic carbocycles. The number of sulfonamides is 1. The molecule has 0 bridgehead atoms. The zero-order chi connectivity index (χ0) is 23.7. The Morgan fingerprint density at radius 1 is 1.15 bits per heavy atom. The normalized spacial score (nSPS) is 17.1. The number of aryl methyl sites for hydroxylation is 3. The van der Waals surface area contributed by atoms with E-state index in [4.69, 9.17) is 9.72 Å². The lowest BCUT2D eigenvalue weighted by Crippen LogP contribution is -2.40. The summed E-state index contributed by atoms with van der Waals surface area (Å²) < 4.78 is 34.9. The molecule has 0 N–H and O–H groups in total. The molecular formula is C24H29N5O4S. The van der Waals surface area contributed by atoms with Crippen molar-refractivity contribution in [2.24, 2.45) is 0 Å². The highest BCUT2D eigenvalue weighted by atomic mass is 32.2. The summed E-state index contributed by atoms with van der Waals surface area (Å²) in [5.74, 6) is 0.842. The van der Waals surface area contributed by atoms with E-state index in [2.05, 4.69) is 9.55 Å². The van der Waals surface area contributed by atoms with E-state index in [0.29, 0.717) is 57.8 Å². The van der Waals surface area contributed by atoms with E-state index in [-0.39, 0.29) is 10.8 Å². The van der Waals surface area contributed by atoms with Gasteiger partial charge < -0.3 is 14.2 Å². The van der Waals surface area contributed by atoms with Crippen molar-refractivity contribution in [1.82, 2.24) is 18.8 Å². The van der Waals surface area contributed by atoms with Gasteiger partial charge in [0.1, 0.15) is 5.82 Å². The Bertz CT molecular complexity index is 1310. The minimum absolute atomic E-state index is 0.0549. The Labute approximate surface area is 199 Å². The van der Waals surface area contributed by atoms with Crippen LogP contribution in [0.4, 0.5) is 5.69 Å². The molecule has 9 nitrogen and oxygen atoms in total. The first-order valence-corrected chi connectivity index (χ1v) is 13.2. The number of anilines is 1. The van der Waals surface area contributed by atoms with Crippen LogP contribution in [0.1, 0.15) is 31.3 Å². The summed E-state index contributed by atoms with van der Waals surface area (Å²) in [7, 11) is -3.60. The molecule has 2 aromatic heterocycles. The summed E-state index contributed by atoms with van der Waals surface area (Å²) in [6.07, 6.45) is 4.38. The first-order valence-electron chi connectivity index (χ1n) is 11.8. The lowest BCUT2D eigenvalue weighted by molar-refractivity contribution is -0.118. The third-order valence-electron chi connectivity index (χ3n) is 6.54. The fourth-order valence-corrected chi connectivity index (χ4v) is 6.23. The third-order valence-corrected chi connectivity index (χ3v) is 8.43. The van der Waals surface area contributed by atoms with E-state index in [0.717, 1.165) is 35.6 Å². The predicted octanol–water partition coefficient (Wildman–Crippen LogP) is 2.38. The molecule has 1 fully saturated rings. The molecule has 0 radical (unpaired) electrons. The van der Waals surface area contributed by atoms with E-state index < -0.39 is 10.0 Å². The average Bonchev–Trinajstić information content (AvgIpc) is 3.24. The topological polar surface area (TPSA) is 97.6 Å². The molecule has 1 amide bonds. The van der Waals surface area contributed by atoms with Crippen LogP contribution in [0, 0.1) is 0 Å². The van der Waals surface area contributed by atoms with Crippen molar-refractivity contribution in [2.45, 2.75) is 44.0 Å². The second-order valence-corrected chi connectivity index (χ2v) is 10.5. The minimum Gasteiger partial charge on any atom is -0.379 e. The predicted molar refractivity (Wildman–Crippen MR) is 128 cm³/mol. The van der Waals surface area contributed by atoms with E-state index >= 15 is 0 Å². The van der Waals surface area contributed by atoms with Crippen molar-refractivity contribution in [3.05, 3.63) is 48.0 Å². The summed E-state index contributed by atoms with van der Waals surface area (Å²) in [6.45, 7) is 4.93. The number of fused-ring (bicyclic) bond motifs is 2. The van der Waals surface area contributed by atoms with E-state index in [1.807, 2.05) is 30.0 Å². The first-order chi connectivity index (χ1) is 16.5. The van der Waals surface area contributed by atoms with Gasteiger partial charge in [-0.2, -0.15) is 4.31 Å². The van der Waals surface area contributed by atoms with Crippen LogP contribution in [0.15, 0.2) is 41.4 Å². The molecule has 180 valence electrons. The van der Waals surface area contributed by atoms with Crippen LogP contribution in [0.5, 0.6) is 0 Å².